The molecule has 44 valence electrons. The van der Waals surface area contributed by atoms with Crippen LogP contribution in [0.2, 0.25) is 0 Å². The molecule has 0 spiro atoms. The van der Waals surface area contributed by atoms with Gasteiger partial charge < -0.3 is 0 Å². The lowest BCUT2D eigenvalue weighted by molar-refractivity contribution is 1.53. The molecule has 0 saturated heterocycles. The molecule has 0 aromatic heterocycles. The second-order valence-corrected chi connectivity index (χ2v) is 1.88. The van der Waals surface area contributed by atoms with Crippen molar-refractivity contribution in [3.8, 4) is 0 Å². The minimum Gasteiger partial charge on any atom is -0.0906 e. The Balaban J connectivity index is 3.07. The smallest absolute Gasteiger partial charge is 0.0181 e. The van der Waals surface area contributed by atoms with E-state index in [9.17, 15) is 0 Å². The van der Waals surface area contributed by atoms with Crippen molar-refractivity contribution in [1.82, 2.24) is 0 Å². The molecule has 9 heavy (non-hydrogen) atoms. The predicted molar refractivity (Wildman–Crippen MR) is 38.9 cm³/mol. The molecule has 0 fully saturated rings. The van der Waals surface area contributed by atoms with Gasteiger partial charge in [-0.05, 0) is 24.1 Å². The van der Waals surface area contributed by atoms with Crippen LogP contribution in [-0.4, -0.2) is 0 Å². The third kappa shape index (κ3) is 1.43. The number of hydrogen-bond donors (Lipinski definition) is 0. The summed E-state index contributed by atoms with van der Waals surface area (Å²) in [5, 5.41) is 0. The van der Waals surface area contributed by atoms with Crippen LogP contribution in [0.25, 0.3) is 0 Å². The van der Waals surface area contributed by atoms with Crippen LogP contribution >= 0.6 is 0 Å². The van der Waals surface area contributed by atoms with Crippen LogP contribution in [0.4, 0.5) is 0 Å². The Morgan fingerprint density at radius 3 is 2.56 bits per heavy atom. The molecule has 0 N–H and O–H groups in total. The molecule has 0 heteroatoms. The molecule has 0 nitrogen and oxygen atoms in total. The molecule has 0 aliphatic carbocycles. The van der Waals surface area contributed by atoms with E-state index in [1.54, 1.807) is 0 Å². The van der Waals surface area contributed by atoms with Crippen LogP contribution in [-0.2, 0) is 0 Å². The van der Waals surface area contributed by atoms with Gasteiger partial charge in [0.25, 0.3) is 0 Å². The van der Waals surface area contributed by atoms with Crippen molar-refractivity contribution in [3.63, 3.8) is 0 Å². The van der Waals surface area contributed by atoms with E-state index in [2.05, 4.69) is 19.6 Å². The van der Waals surface area contributed by atoms with Gasteiger partial charge in [0.2, 0.25) is 0 Å². The van der Waals surface area contributed by atoms with Crippen molar-refractivity contribution in [3.05, 3.63) is 55.0 Å². The van der Waals surface area contributed by atoms with Crippen LogP contribution in [0.5, 0.6) is 0 Å². The van der Waals surface area contributed by atoms with Gasteiger partial charge in [0.1, 0.15) is 0 Å². The molecule has 0 atom stereocenters. The Kier molecular flexibility index (Phi) is 1.69. The van der Waals surface area contributed by atoms with Crippen molar-refractivity contribution >= 4 is 0 Å². The summed E-state index contributed by atoms with van der Waals surface area (Å²) in [5.74, 6) is 0. The third-order valence-electron chi connectivity index (χ3n) is 1.13. The van der Waals surface area contributed by atoms with E-state index in [0.717, 1.165) is 11.1 Å². The summed E-state index contributed by atoms with van der Waals surface area (Å²) < 4.78 is 0. The van der Waals surface area contributed by atoms with Crippen LogP contribution in [0.1, 0.15) is 11.1 Å². The van der Waals surface area contributed by atoms with Crippen molar-refractivity contribution in [1.29, 1.82) is 0 Å². The highest BCUT2D eigenvalue weighted by molar-refractivity contribution is 5.28. The Morgan fingerprint density at radius 1 is 1.33 bits per heavy atom. The zero-order valence-corrected chi connectivity index (χ0v) is 5.22. The average molecular weight is 116 g/mol. The minimum absolute atomic E-state index is 1.00. The second kappa shape index (κ2) is 2.49. The Bertz CT molecular complexity index is 211. The quantitative estimate of drug-likeness (QED) is 0.527. The number of rotatable bonds is 1. The molecular formula is C9H8. The summed E-state index contributed by atoms with van der Waals surface area (Å²) in [6.07, 6.45) is 2.78. The number of benzene rings is 1. The molecule has 0 amide bonds. The van der Waals surface area contributed by atoms with Crippen LogP contribution in [0, 0.1) is 13.0 Å². The minimum atomic E-state index is 1.00. The van der Waals surface area contributed by atoms with Gasteiger partial charge in [-0.25, -0.2) is 0 Å². The maximum Gasteiger partial charge on any atom is -0.0181 e. The van der Waals surface area contributed by atoms with E-state index < -0.39 is 0 Å². The highest BCUT2D eigenvalue weighted by Crippen LogP contribution is 2.01. The summed E-state index contributed by atoms with van der Waals surface area (Å²) in [7, 11) is 0. The van der Waals surface area contributed by atoms with Gasteiger partial charge in [-0.1, -0.05) is 30.8 Å². The summed E-state index contributed by atoms with van der Waals surface area (Å²) in [6, 6.07) is 7.77. The van der Waals surface area contributed by atoms with Crippen molar-refractivity contribution < 1.29 is 0 Å². The maximum absolute atomic E-state index is 3.76. The van der Waals surface area contributed by atoms with Crippen molar-refractivity contribution in [2.75, 3.05) is 0 Å². The molecular weight excluding hydrogens is 108 g/mol. The van der Waals surface area contributed by atoms with E-state index in [0.29, 0.717) is 0 Å². The third-order valence-corrected chi connectivity index (χ3v) is 1.13. The van der Waals surface area contributed by atoms with E-state index in [1.165, 1.54) is 0 Å². The summed E-state index contributed by atoms with van der Waals surface area (Å²) in [4.78, 5) is 0. The lowest BCUT2D eigenvalue weighted by Crippen LogP contribution is -1.73. The first-order valence-corrected chi connectivity index (χ1v) is 2.78. The van der Waals surface area contributed by atoms with E-state index in [-0.39, 0.29) is 0 Å². The first-order valence-electron chi connectivity index (χ1n) is 2.78. The van der Waals surface area contributed by atoms with Crippen LogP contribution in [0.15, 0.2) is 30.8 Å². The summed E-state index contributed by atoms with van der Waals surface area (Å²) >= 11 is 0. The normalized spacial score (nSPS) is 9.00. The van der Waals surface area contributed by atoms with E-state index >= 15 is 0 Å². The van der Waals surface area contributed by atoms with Gasteiger partial charge in [-0.3, -0.25) is 0 Å². The van der Waals surface area contributed by atoms with E-state index in [1.807, 2.05) is 24.3 Å². The first kappa shape index (κ1) is 6.09. The number of hydrogen-bond acceptors (Lipinski definition) is 0. The summed E-state index contributed by atoms with van der Waals surface area (Å²) in [6.45, 7) is 7.28. The summed E-state index contributed by atoms with van der Waals surface area (Å²) in [5.41, 5.74) is 2.01. The lowest BCUT2D eigenvalue weighted by Gasteiger charge is -1.91. The Hall–Kier alpha value is -1.04. The zero-order valence-electron chi connectivity index (χ0n) is 5.22. The van der Waals surface area contributed by atoms with Gasteiger partial charge in [-0.15, -0.1) is 0 Å². The predicted octanol–water partition coefficient (Wildman–Crippen LogP) is 2.21. The SMILES string of the molecule is [CH2]c1cccc([C]=C)c1. The van der Waals surface area contributed by atoms with Crippen molar-refractivity contribution in [2.24, 2.45) is 0 Å². The first-order chi connectivity index (χ1) is 4.33. The average Bonchev–Trinajstić information content (AvgIpc) is 1.88. The molecule has 0 aliphatic heterocycles. The van der Waals surface area contributed by atoms with Crippen LogP contribution in [0.3, 0.4) is 0 Å². The largest absolute Gasteiger partial charge is 0.0906 e. The molecule has 0 bridgehead atoms. The lowest BCUT2D eigenvalue weighted by atomic mass is 10.1. The van der Waals surface area contributed by atoms with E-state index in [4.69, 9.17) is 0 Å². The van der Waals surface area contributed by atoms with Gasteiger partial charge >= 0.3 is 0 Å². The van der Waals surface area contributed by atoms with Crippen LogP contribution < -0.4 is 0 Å². The maximum atomic E-state index is 3.76. The monoisotopic (exact) mass is 116 g/mol. The Labute approximate surface area is 55.8 Å². The zero-order chi connectivity index (χ0) is 6.69. The molecule has 1 rings (SSSR count). The van der Waals surface area contributed by atoms with Gasteiger partial charge in [0.05, 0.1) is 0 Å². The molecule has 0 heterocycles. The van der Waals surface area contributed by atoms with Gasteiger partial charge in [-0.2, -0.15) is 0 Å². The molecule has 1 aromatic carbocycles. The molecule has 0 saturated carbocycles. The fraction of sp³-hybridized carbons (Fsp3) is 0. The molecule has 2 radical (unpaired) electrons. The molecule has 0 aliphatic rings. The Morgan fingerprint density at radius 2 is 2.11 bits per heavy atom. The standard InChI is InChI=1S/C9H8/c1-3-9-6-4-5-8(2)7-9/h4-7H,1-2H2. The van der Waals surface area contributed by atoms with Gasteiger partial charge in [0.15, 0.2) is 0 Å². The molecule has 0 unspecified atom stereocenters. The molecule has 1 aromatic rings. The highest BCUT2D eigenvalue weighted by Gasteiger charge is 1.83. The van der Waals surface area contributed by atoms with Gasteiger partial charge in [0, 0.05) is 0 Å². The fourth-order valence-electron chi connectivity index (χ4n) is 0.681. The topological polar surface area (TPSA) is 0 Å². The van der Waals surface area contributed by atoms with Crippen molar-refractivity contribution in [2.45, 2.75) is 0 Å². The second-order valence-electron chi connectivity index (χ2n) is 1.88. The fourth-order valence-corrected chi connectivity index (χ4v) is 0.681. The highest BCUT2D eigenvalue weighted by atomic mass is 13.9.